The summed E-state index contributed by atoms with van der Waals surface area (Å²) in [5, 5.41) is 0.754. The molecule has 0 bridgehead atoms. The molecule has 0 spiro atoms. The van der Waals surface area contributed by atoms with Gasteiger partial charge in [-0.05, 0) is 45.0 Å². The summed E-state index contributed by atoms with van der Waals surface area (Å²) in [4.78, 5) is 6.97. The van der Waals surface area contributed by atoms with E-state index in [9.17, 15) is 0 Å². The van der Waals surface area contributed by atoms with Crippen LogP contribution in [0.3, 0.4) is 0 Å². The zero-order chi connectivity index (χ0) is 13.9. The molecule has 2 aromatic rings. The number of thioether (sulfide) groups is 1. The molecule has 0 amide bonds. The Hall–Kier alpha value is -1.20. The maximum atomic E-state index is 5.75. The Morgan fingerprint density at radius 2 is 2.35 bits per heavy atom. The van der Waals surface area contributed by atoms with Gasteiger partial charge in [-0.15, -0.1) is 0 Å². The van der Waals surface area contributed by atoms with Crippen molar-refractivity contribution >= 4 is 28.5 Å². The summed E-state index contributed by atoms with van der Waals surface area (Å²) in [5.41, 5.74) is 8.13. The number of piperidine rings is 1. The summed E-state index contributed by atoms with van der Waals surface area (Å²) in [5.74, 6) is 1.05. The number of likely N-dealkylation sites (tertiary alicyclic amines) is 1. The number of hydrogen-bond acceptors (Lipinski definition) is 5. The lowest BCUT2D eigenvalue weighted by molar-refractivity contribution is 0.182. The first-order valence-electron chi connectivity index (χ1n) is 7.21. The van der Waals surface area contributed by atoms with Gasteiger partial charge in [-0.2, -0.15) is 0 Å². The second kappa shape index (κ2) is 6.06. The fourth-order valence-electron chi connectivity index (χ4n) is 2.77. The summed E-state index contributed by atoms with van der Waals surface area (Å²) in [7, 11) is 2.23. The van der Waals surface area contributed by atoms with Crippen LogP contribution < -0.4 is 5.73 Å². The van der Waals surface area contributed by atoms with E-state index < -0.39 is 0 Å². The largest absolute Gasteiger partial charge is 0.431 e. The van der Waals surface area contributed by atoms with Gasteiger partial charge in [0.15, 0.2) is 5.58 Å². The summed E-state index contributed by atoms with van der Waals surface area (Å²) < 4.78 is 5.72. The first kappa shape index (κ1) is 13.8. The van der Waals surface area contributed by atoms with Crippen molar-refractivity contribution in [3.63, 3.8) is 0 Å². The molecule has 1 aromatic carbocycles. The Bertz CT molecular complexity index is 584. The molecule has 20 heavy (non-hydrogen) atoms. The Kier molecular flexibility index (Phi) is 4.17. The van der Waals surface area contributed by atoms with Gasteiger partial charge in [0, 0.05) is 23.5 Å². The van der Waals surface area contributed by atoms with Crippen molar-refractivity contribution in [2.24, 2.45) is 0 Å². The maximum Gasteiger partial charge on any atom is 0.256 e. The van der Waals surface area contributed by atoms with Crippen LogP contribution in [0.1, 0.15) is 25.7 Å². The molecular formula is C15H21N3OS. The Labute approximate surface area is 123 Å². The van der Waals surface area contributed by atoms with E-state index >= 15 is 0 Å². The number of rotatable bonds is 4. The number of oxazole rings is 1. The zero-order valence-corrected chi connectivity index (χ0v) is 12.7. The average molecular weight is 291 g/mol. The lowest BCUT2D eigenvalue weighted by atomic mass is 10.0. The van der Waals surface area contributed by atoms with E-state index in [0.717, 1.165) is 28.1 Å². The number of hydrogen-bond donors (Lipinski definition) is 1. The molecule has 0 saturated carbocycles. The van der Waals surface area contributed by atoms with Crippen LogP contribution in [0.4, 0.5) is 5.69 Å². The van der Waals surface area contributed by atoms with Gasteiger partial charge in [-0.3, -0.25) is 0 Å². The highest BCUT2D eigenvalue weighted by Crippen LogP contribution is 2.27. The van der Waals surface area contributed by atoms with Gasteiger partial charge in [0.1, 0.15) is 5.52 Å². The summed E-state index contributed by atoms with van der Waals surface area (Å²) in [6.07, 6.45) is 5.22. The third-order valence-electron chi connectivity index (χ3n) is 3.99. The maximum absolute atomic E-state index is 5.75. The van der Waals surface area contributed by atoms with Gasteiger partial charge in [0.05, 0.1) is 0 Å². The molecule has 1 atom stereocenters. The zero-order valence-electron chi connectivity index (χ0n) is 11.8. The van der Waals surface area contributed by atoms with Crippen molar-refractivity contribution in [1.82, 2.24) is 9.88 Å². The number of fused-ring (bicyclic) bond motifs is 1. The van der Waals surface area contributed by atoms with E-state index in [0.29, 0.717) is 5.69 Å². The predicted octanol–water partition coefficient (Wildman–Crippen LogP) is 3.38. The lowest BCUT2D eigenvalue weighted by Crippen LogP contribution is -2.36. The molecule has 4 nitrogen and oxygen atoms in total. The van der Waals surface area contributed by atoms with Gasteiger partial charge < -0.3 is 15.1 Å². The normalized spacial score (nSPS) is 20.6. The predicted molar refractivity (Wildman–Crippen MR) is 84.0 cm³/mol. The van der Waals surface area contributed by atoms with Gasteiger partial charge in [-0.25, -0.2) is 4.98 Å². The van der Waals surface area contributed by atoms with Crippen molar-refractivity contribution in [1.29, 1.82) is 0 Å². The number of benzene rings is 1. The topological polar surface area (TPSA) is 55.3 Å². The molecule has 3 rings (SSSR count). The molecule has 1 unspecified atom stereocenters. The van der Waals surface area contributed by atoms with Gasteiger partial charge in [0.2, 0.25) is 0 Å². The monoisotopic (exact) mass is 291 g/mol. The van der Waals surface area contributed by atoms with Crippen molar-refractivity contribution in [3.8, 4) is 0 Å². The molecule has 1 fully saturated rings. The molecular weight excluding hydrogens is 270 g/mol. The fourth-order valence-corrected chi connectivity index (χ4v) is 3.65. The highest BCUT2D eigenvalue weighted by atomic mass is 32.2. The second-order valence-corrected chi connectivity index (χ2v) is 6.52. The van der Waals surface area contributed by atoms with E-state index in [4.69, 9.17) is 10.2 Å². The van der Waals surface area contributed by atoms with Crippen LogP contribution in [0.2, 0.25) is 0 Å². The highest BCUT2D eigenvalue weighted by molar-refractivity contribution is 7.99. The fraction of sp³-hybridized carbons (Fsp3) is 0.533. The van der Waals surface area contributed by atoms with E-state index in [-0.39, 0.29) is 0 Å². The second-order valence-electron chi connectivity index (χ2n) is 5.47. The van der Waals surface area contributed by atoms with E-state index in [1.165, 1.54) is 32.2 Å². The Morgan fingerprint density at radius 3 is 3.20 bits per heavy atom. The number of anilines is 1. The van der Waals surface area contributed by atoms with Gasteiger partial charge in [0.25, 0.3) is 5.22 Å². The number of nitrogen functional groups attached to an aromatic ring is 1. The molecule has 1 aliphatic heterocycles. The quantitative estimate of drug-likeness (QED) is 0.691. The minimum absolute atomic E-state index is 0.717. The molecule has 2 N–H and O–H groups in total. The molecule has 2 heterocycles. The summed E-state index contributed by atoms with van der Waals surface area (Å²) in [6.45, 7) is 1.23. The lowest BCUT2D eigenvalue weighted by Gasteiger charge is -2.32. The van der Waals surface area contributed by atoms with Gasteiger partial charge >= 0.3 is 0 Å². The van der Waals surface area contributed by atoms with Crippen molar-refractivity contribution < 1.29 is 4.42 Å². The van der Waals surface area contributed by atoms with Crippen LogP contribution in [-0.4, -0.2) is 35.3 Å². The molecule has 0 radical (unpaired) electrons. The molecule has 5 heteroatoms. The number of aromatic nitrogens is 1. The van der Waals surface area contributed by atoms with E-state index in [1.807, 2.05) is 18.2 Å². The Morgan fingerprint density at radius 1 is 1.45 bits per heavy atom. The average Bonchev–Trinajstić information content (AvgIpc) is 2.83. The SMILES string of the molecule is CN1CCCCC1CCSc1nc2ccc(N)cc2o1. The molecule has 0 aliphatic carbocycles. The minimum atomic E-state index is 0.717. The highest BCUT2D eigenvalue weighted by Gasteiger charge is 2.18. The minimum Gasteiger partial charge on any atom is -0.431 e. The summed E-state index contributed by atoms with van der Waals surface area (Å²) in [6, 6.07) is 6.32. The van der Waals surface area contributed by atoms with Crippen LogP contribution in [0.25, 0.3) is 11.1 Å². The van der Waals surface area contributed by atoms with Crippen molar-refractivity contribution in [2.75, 3.05) is 25.1 Å². The van der Waals surface area contributed by atoms with Crippen LogP contribution in [0.15, 0.2) is 27.8 Å². The molecule has 108 valence electrons. The third-order valence-corrected chi connectivity index (χ3v) is 4.85. The summed E-state index contributed by atoms with van der Waals surface area (Å²) >= 11 is 1.70. The van der Waals surface area contributed by atoms with Crippen LogP contribution >= 0.6 is 11.8 Å². The van der Waals surface area contributed by atoms with Crippen LogP contribution in [0, 0.1) is 0 Å². The molecule has 1 aliphatic rings. The standard InChI is InChI=1S/C15H21N3OS/c1-18-8-3-2-4-12(18)7-9-20-15-17-13-6-5-11(16)10-14(13)19-15/h5-6,10,12H,2-4,7-9,16H2,1H3. The van der Waals surface area contributed by atoms with Crippen LogP contribution in [0.5, 0.6) is 0 Å². The Balaban J connectivity index is 1.57. The van der Waals surface area contributed by atoms with E-state index in [2.05, 4.69) is 16.9 Å². The smallest absolute Gasteiger partial charge is 0.256 e. The molecule has 1 saturated heterocycles. The van der Waals surface area contributed by atoms with Gasteiger partial charge in [-0.1, -0.05) is 18.2 Å². The van der Waals surface area contributed by atoms with Crippen molar-refractivity contribution in [2.45, 2.75) is 36.9 Å². The number of nitrogens with zero attached hydrogens (tertiary/aromatic N) is 2. The first-order valence-corrected chi connectivity index (χ1v) is 8.20. The van der Waals surface area contributed by atoms with Crippen molar-refractivity contribution in [3.05, 3.63) is 18.2 Å². The van der Waals surface area contributed by atoms with E-state index in [1.54, 1.807) is 11.8 Å². The molecule has 1 aromatic heterocycles. The first-order chi connectivity index (χ1) is 9.72. The number of nitrogens with two attached hydrogens (primary N) is 1. The third kappa shape index (κ3) is 3.10. The van der Waals surface area contributed by atoms with Crippen LogP contribution in [-0.2, 0) is 0 Å².